The summed E-state index contributed by atoms with van der Waals surface area (Å²) in [6, 6.07) is 19.2. The molecule has 5 rings (SSSR count). The number of aliphatic hydroxyl groups excluding tert-OH is 1. The number of amides is 2. The quantitative estimate of drug-likeness (QED) is 0.678. The third kappa shape index (κ3) is 3.47. The molecule has 2 aliphatic heterocycles. The molecule has 0 bridgehead atoms. The molecule has 0 saturated heterocycles. The Bertz CT molecular complexity index is 1180. The van der Waals surface area contributed by atoms with E-state index in [1.807, 2.05) is 47.4 Å². The number of anilines is 2. The summed E-state index contributed by atoms with van der Waals surface area (Å²) >= 11 is 0. The smallest absolute Gasteiger partial charge is 0.260 e. The number of benzene rings is 3. The number of primary amides is 1. The molecule has 0 aromatic heterocycles. The number of hydrogen-bond acceptors (Lipinski definition) is 5. The lowest BCUT2D eigenvalue weighted by Gasteiger charge is -2.38. The maximum atomic E-state index is 13.4. The Labute approximate surface area is 179 Å². The first kappa shape index (κ1) is 19.4. The van der Waals surface area contributed by atoms with E-state index in [0.717, 1.165) is 22.0 Å². The molecule has 7 heteroatoms. The first-order valence-electron chi connectivity index (χ1n) is 10.3. The molecular weight excluding hydrogens is 394 g/mol. The summed E-state index contributed by atoms with van der Waals surface area (Å²) in [5.74, 6) is -0.345. The number of fused-ring (bicyclic) bond motifs is 4. The molecule has 0 spiro atoms. The fraction of sp³-hybridized carbons (Fsp3) is 0.250. The van der Waals surface area contributed by atoms with Gasteiger partial charge in [-0.1, -0.05) is 48.5 Å². The Hall–Kier alpha value is -3.58. The van der Waals surface area contributed by atoms with Crippen LogP contribution in [0.2, 0.25) is 0 Å². The van der Waals surface area contributed by atoms with Crippen LogP contribution in [0.1, 0.15) is 5.56 Å². The van der Waals surface area contributed by atoms with Crippen molar-refractivity contribution < 1.29 is 19.4 Å². The van der Waals surface area contributed by atoms with Crippen LogP contribution in [0.15, 0.2) is 60.7 Å². The Morgan fingerprint density at radius 1 is 1.03 bits per heavy atom. The molecule has 0 unspecified atom stereocenters. The number of aliphatic hydroxyl groups is 1. The minimum atomic E-state index is -0.904. The number of hydrogen-bond donors (Lipinski definition) is 2. The van der Waals surface area contributed by atoms with Crippen molar-refractivity contribution in [3.05, 3.63) is 66.2 Å². The van der Waals surface area contributed by atoms with E-state index in [0.29, 0.717) is 24.4 Å². The van der Waals surface area contributed by atoms with Gasteiger partial charge in [-0.15, -0.1) is 0 Å². The van der Waals surface area contributed by atoms with Gasteiger partial charge in [0.2, 0.25) is 5.91 Å². The van der Waals surface area contributed by atoms with Crippen molar-refractivity contribution in [3.63, 3.8) is 0 Å². The van der Waals surface area contributed by atoms with E-state index in [1.165, 1.54) is 0 Å². The Kier molecular flexibility index (Phi) is 4.75. The van der Waals surface area contributed by atoms with Crippen molar-refractivity contribution in [1.82, 2.24) is 0 Å². The summed E-state index contributed by atoms with van der Waals surface area (Å²) in [5.41, 5.74) is 8.07. The highest BCUT2D eigenvalue weighted by Gasteiger charge is 2.34. The van der Waals surface area contributed by atoms with Gasteiger partial charge in [0.05, 0.1) is 24.9 Å². The van der Waals surface area contributed by atoms with Crippen molar-refractivity contribution in [3.8, 4) is 5.75 Å². The zero-order chi connectivity index (χ0) is 21.5. The number of carbonyl (C=O) groups is 2. The van der Waals surface area contributed by atoms with Crippen LogP contribution >= 0.6 is 0 Å². The molecule has 2 atom stereocenters. The van der Waals surface area contributed by atoms with Gasteiger partial charge in [-0.05, 0) is 23.1 Å². The average Bonchev–Trinajstić information content (AvgIpc) is 2.77. The maximum Gasteiger partial charge on any atom is 0.260 e. The molecule has 2 amide bonds. The van der Waals surface area contributed by atoms with Gasteiger partial charge in [-0.2, -0.15) is 0 Å². The van der Waals surface area contributed by atoms with Gasteiger partial charge in [0.25, 0.3) is 5.91 Å². The Morgan fingerprint density at radius 3 is 2.65 bits per heavy atom. The molecule has 0 radical (unpaired) electrons. The van der Waals surface area contributed by atoms with Crippen LogP contribution < -0.4 is 20.3 Å². The third-order valence-corrected chi connectivity index (χ3v) is 5.91. The highest BCUT2D eigenvalue weighted by Crippen LogP contribution is 2.36. The predicted molar refractivity (Wildman–Crippen MR) is 118 cm³/mol. The number of β-amino-alcohol motifs (C(OH)–C–C–N with tert-alkyl or cyclic N) is 1. The van der Waals surface area contributed by atoms with Gasteiger partial charge >= 0.3 is 0 Å². The zero-order valence-electron chi connectivity index (χ0n) is 16.9. The fourth-order valence-corrected chi connectivity index (χ4v) is 4.51. The standard InChI is InChI=1S/C24H23N3O4/c25-24(30)21-13-27(19-7-3-4-8-20(19)31-21)22(29)14-26-12-17(28)11-16-10-9-15-5-1-2-6-18(15)23(16)26/h1-10,17,21,28H,11-14H2,(H2,25,30)/t17-,21-/m0/s1. The first-order chi connectivity index (χ1) is 15.0. The normalized spacial score (nSPS) is 20.0. The molecule has 3 aromatic carbocycles. The Balaban J connectivity index is 1.50. The van der Waals surface area contributed by atoms with Gasteiger partial charge in [0.1, 0.15) is 5.75 Å². The summed E-state index contributed by atoms with van der Waals surface area (Å²) < 4.78 is 5.67. The van der Waals surface area contributed by atoms with Crippen molar-refractivity contribution in [2.45, 2.75) is 18.6 Å². The largest absolute Gasteiger partial charge is 0.477 e. The highest BCUT2D eigenvalue weighted by molar-refractivity contribution is 6.02. The molecule has 2 heterocycles. The van der Waals surface area contributed by atoms with Gasteiger partial charge < -0.3 is 25.4 Å². The van der Waals surface area contributed by atoms with E-state index in [9.17, 15) is 14.7 Å². The molecule has 0 saturated carbocycles. The number of carbonyl (C=O) groups excluding carboxylic acids is 2. The van der Waals surface area contributed by atoms with Crippen LogP contribution in [0.5, 0.6) is 5.75 Å². The fourth-order valence-electron chi connectivity index (χ4n) is 4.51. The second kappa shape index (κ2) is 7.59. The molecule has 158 valence electrons. The minimum absolute atomic E-state index is 0.0595. The van der Waals surface area contributed by atoms with Gasteiger partial charge in [0, 0.05) is 24.0 Å². The first-order valence-corrected chi connectivity index (χ1v) is 10.3. The van der Waals surface area contributed by atoms with Crippen LogP contribution in [0.4, 0.5) is 11.4 Å². The van der Waals surface area contributed by atoms with Crippen molar-refractivity contribution in [2.75, 3.05) is 29.4 Å². The van der Waals surface area contributed by atoms with E-state index >= 15 is 0 Å². The van der Waals surface area contributed by atoms with Crippen molar-refractivity contribution in [1.29, 1.82) is 0 Å². The van der Waals surface area contributed by atoms with E-state index < -0.39 is 18.1 Å². The highest BCUT2D eigenvalue weighted by atomic mass is 16.5. The monoisotopic (exact) mass is 417 g/mol. The predicted octanol–water partition coefficient (Wildman–Crippen LogP) is 1.84. The third-order valence-electron chi connectivity index (χ3n) is 5.91. The molecule has 31 heavy (non-hydrogen) atoms. The molecule has 0 fully saturated rings. The lowest BCUT2D eigenvalue weighted by atomic mass is 9.95. The molecule has 3 aromatic rings. The Morgan fingerprint density at radius 2 is 1.81 bits per heavy atom. The van der Waals surface area contributed by atoms with Crippen LogP contribution in [0.3, 0.4) is 0 Å². The van der Waals surface area contributed by atoms with E-state index in [4.69, 9.17) is 10.5 Å². The lowest BCUT2D eigenvalue weighted by Crippen LogP contribution is -2.52. The number of para-hydroxylation sites is 2. The molecule has 0 aliphatic carbocycles. The molecule has 2 aliphatic rings. The topological polar surface area (TPSA) is 96.1 Å². The summed E-state index contributed by atoms with van der Waals surface area (Å²) in [5, 5.41) is 12.6. The van der Waals surface area contributed by atoms with E-state index in [-0.39, 0.29) is 19.0 Å². The van der Waals surface area contributed by atoms with Gasteiger partial charge in [-0.25, -0.2) is 0 Å². The van der Waals surface area contributed by atoms with E-state index in [1.54, 1.807) is 23.1 Å². The van der Waals surface area contributed by atoms with Crippen LogP contribution in [-0.4, -0.2) is 48.8 Å². The van der Waals surface area contributed by atoms with Gasteiger partial charge in [-0.3, -0.25) is 9.59 Å². The van der Waals surface area contributed by atoms with Crippen LogP contribution in [-0.2, 0) is 16.0 Å². The number of rotatable bonds is 3. The number of ether oxygens (including phenoxy) is 1. The second-order valence-electron chi connectivity index (χ2n) is 8.01. The van der Waals surface area contributed by atoms with Crippen molar-refractivity contribution in [2.24, 2.45) is 5.73 Å². The molecule has 7 nitrogen and oxygen atoms in total. The maximum absolute atomic E-state index is 13.4. The van der Waals surface area contributed by atoms with E-state index in [2.05, 4.69) is 0 Å². The lowest BCUT2D eigenvalue weighted by molar-refractivity contribution is -0.125. The average molecular weight is 417 g/mol. The van der Waals surface area contributed by atoms with Crippen LogP contribution in [0.25, 0.3) is 10.8 Å². The van der Waals surface area contributed by atoms with Gasteiger partial charge in [0.15, 0.2) is 6.10 Å². The summed E-state index contributed by atoms with van der Waals surface area (Å²) in [7, 11) is 0. The van der Waals surface area contributed by atoms with Crippen molar-refractivity contribution >= 4 is 34.0 Å². The summed E-state index contributed by atoms with van der Waals surface area (Å²) in [6.07, 6.45) is -0.912. The minimum Gasteiger partial charge on any atom is -0.477 e. The number of nitrogens with two attached hydrogens (primary N) is 1. The second-order valence-corrected chi connectivity index (χ2v) is 8.01. The zero-order valence-corrected chi connectivity index (χ0v) is 16.9. The molecular formula is C24H23N3O4. The summed E-state index contributed by atoms with van der Waals surface area (Å²) in [4.78, 5) is 28.7. The SMILES string of the molecule is NC(=O)[C@@H]1CN(C(=O)CN2C[C@@H](O)Cc3ccc4ccccc4c32)c2ccccc2O1. The molecule has 3 N–H and O–H groups in total. The number of nitrogens with zero attached hydrogens (tertiary/aromatic N) is 2. The van der Waals surface area contributed by atoms with Crippen LogP contribution in [0, 0.1) is 0 Å². The summed E-state index contributed by atoms with van der Waals surface area (Å²) in [6.45, 7) is 0.486.